The first kappa shape index (κ1) is 13.5. The zero-order valence-electron chi connectivity index (χ0n) is 9.54. The van der Waals surface area contributed by atoms with Gasteiger partial charge in [-0.1, -0.05) is 26.0 Å². The topological polar surface area (TPSA) is 26.3 Å². The van der Waals surface area contributed by atoms with Crippen LogP contribution in [0.2, 0.25) is 0 Å². The molecule has 0 spiro atoms. The molecule has 94 valence electrons. The second kappa shape index (κ2) is 5.21. The number of carbonyl (C=O) groups is 1. The van der Waals surface area contributed by atoms with E-state index >= 15 is 0 Å². The fraction of sp³-hybridized carbons (Fsp3) is 0.417. The van der Waals surface area contributed by atoms with Crippen molar-refractivity contribution >= 4 is 5.78 Å². The fourth-order valence-corrected chi connectivity index (χ4v) is 1.33. The van der Waals surface area contributed by atoms with Gasteiger partial charge in [0.25, 0.3) is 0 Å². The average molecular weight is 246 g/mol. The van der Waals surface area contributed by atoms with Crippen LogP contribution in [0.4, 0.5) is 13.2 Å². The molecule has 1 unspecified atom stereocenters. The van der Waals surface area contributed by atoms with E-state index in [1.165, 1.54) is 18.2 Å². The number of alkyl halides is 3. The summed E-state index contributed by atoms with van der Waals surface area (Å²) >= 11 is 0. The van der Waals surface area contributed by atoms with E-state index in [2.05, 4.69) is 4.74 Å². The minimum absolute atomic E-state index is 0.0285. The van der Waals surface area contributed by atoms with Gasteiger partial charge >= 0.3 is 6.36 Å². The highest BCUT2D eigenvalue weighted by Crippen LogP contribution is 2.28. The van der Waals surface area contributed by atoms with Crippen molar-refractivity contribution in [2.75, 3.05) is 0 Å². The summed E-state index contributed by atoms with van der Waals surface area (Å²) in [6.45, 7) is 3.47. The summed E-state index contributed by atoms with van der Waals surface area (Å²) < 4.78 is 40.2. The fourth-order valence-electron chi connectivity index (χ4n) is 1.33. The maximum Gasteiger partial charge on any atom is 0.573 e. The lowest BCUT2D eigenvalue weighted by Gasteiger charge is -2.14. The van der Waals surface area contributed by atoms with Gasteiger partial charge in [0.05, 0.1) is 5.56 Å². The normalized spacial score (nSPS) is 13.2. The molecule has 2 nitrogen and oxygen atoms in total. The van der Waals surface area contributed by atoms with Crippen LogP contribution in [0.1, 0.15) is 30.6 Å². The number of hydrogen-bond donors (Lipinski definition) is 0. The summed E-state index contributed by atoms with van der Waals surface area (Å²) in [4.78, 5) is 11.8. The minimum Gasteiger partial charge on any atom is -0.405 e. The lowest BCUT2D eigenvalue weighted by molar-refractivity contribution is -0.274. The van der Waals surface area contributed by atoms with Crippen LogP contribution in [0.5, 0.6) is 5.75 Å². The molecule has 17 heavy (non-hydrogen) atoms. The predicted molar refractivity (Wildman–Crippen MR) is 56.9 cm³/mol. The molecule has 0 radical (unpaired) electrons. The standard InChI is InChI=1S/C12H13F3O2/c1-3-8(2)11(16)9-6-4-5-7-10(9)17-12(13,14)15/h4-8H,3H2,1-2H3. The molecular weight excluding hydrogens is 233 g/mol. The summed E-state index contributed by atoms with van der Waals surface area (Å²) in [5, 5.41) is 0. The van der Waals surface area contributed by atoms with Crippen LogP contribution in [0, 0.1) is 5.92 Å². The van der Waals surface area contributed by atoms with Crippen LogP contribution < -0.4 is 4.74 Å². The second-order valence-corrected chi connectivity index (χ2v) is 3.72. The first-order valence-electron chi connectivity index (χ1n) is 5.24. The van der Waals surface area contributed by atoms with Gasteiger partial charge < -0.3 is 4.74 Å². The third-order valence-electron chi connectivity index (χ3n) is 2.44. The molecule has 0 aliphatic rings. The van der Waals surface area contributed by atoms with Crippen LogP contribution in [-0.2, 0) is 0 Å². The number of ketones is 1. The zero-order chi connectivity index (χ0) is 13.1. The van der Waals surface area contributed by atoms with Gasteiger partial charge in [-0.25, -0.2) is 0 Å². The highest BCUT2D eigenvalue weighted by Gasteiger charge is 2.33. The third kappa shape index (κ3) is 3.76. The van der Waals surface area contributed by atoms with E-state index in [-0.39, 0.29) is 17.3 Å². The van der Waals surface area contributed by atoms with E-state index in [0.29, 0.717) is 6.42 Å². The lowest BCUT2D eigenvalue weighted by atomic mass is 9.96. The van der Waals surface area contributed by atoms with Gasteiger partial charge in [-0.2, -0.15) is 0 Å². The molecule has 1 aromatic rings. The maximum atomic E-state index is 12.1. The molecule has 1 rings (SSSR count). The molecule has 0 aromatic heterocycles. The molecule has 0 amide bonds. The van der Waals surface area contributed by atoms with Gasteiger partial charge in [-0.05, 0) is 18.6 Å². The molecule has 0 fully saturated rings. The average Bonchev–Trinajstić information content (AvgIpc) is 2.25. The van der Waals surface area contributed by atoms with E-state index in [1.54, 1.807) is 13.8 Å². The monoisotopic (exact) mass is 246 g/mol. The first-order valence-corrected chi connectivity index (χ1v) is 5.24. The van der Waals surface area contributed by atoms with Gasteiger partial charge in [-0.3, -0.25) is 4.79 Å². The molecule has 0 N–H and O–H groups in total. The molecular formula is C12H13F3O2. The summed E-state index contributed by atoms with van der Waals surface area (Å²) in [5.41, 5.74) is -0.0285. The van der Waals surface area contributed by atoms with Gasteiger partial charge in [0, 0.05) is 5.92 Å². The largest absolute Gasteiger partial charge is 0.573 e. The number of para-hydroxylation sites is 1. The van der Waals surface area contributed by atoms with Crippen molar-refractivity contribution < 1.29 is 22.7 Å². The second-order valence-electron chi connectivity index (χ2n) is 3.72. The Balaban J connectivity index is 3.04. The van der Waals surface area contributed by atoms with Crippen molar-refractivity contribution in [3.05, 3.63) is 29.8 Å². The van der Waals surface area contributed by atoms with Gasteiger partial charge in [0.15, 0.2) is 5.78 Å². The van der Waals surface area contributed by atoms with E-state index in [0.717, 1.165) is 6.07 Å². The Morgan fingerprint density at radius 2 is 1.94 bits per heavy atom. The van der Waals surface area contributed by atoms with Crippen LogP contribution in [0.15, 0.2) is 24.3 Å². The number of halogens is 3. The van der Waals surface area contributed by atoms with Crippen molar-refractivity contribution in [3.8, 4) is 5.75 Å². The number of rotatable bonds is 4. The SMILES string of the molecule is CCC(C)C(=O)c1ccccc1OC(F)(F)F. The predicted octanol–water partition coefficient (Wildman–Crippen LogP) is 3.81. The van der Waals surface area contributed by atoms with E-state index in [1.807, 2.05) is 0 Å². The quantitative estimate of drug-likeness (QED) is 0.755. The highest BCUT2D eigenvalue weighted by atomic mass is 19.4. The third-order valence-corrected chi connectivity index (χ3v) is 2.44. The Labute approximate surface area is 97.4 Å². The van der Waals surface area contributed by atoms with Crippen molar-refractivity contribution in [2.24, 2.45) is 5.92 Å². The molecule has 1 aromatic carbocycles. The van der Waals surface area contributed by atoms with Crippen LogP contribution in [0.3, 0.4) is 0 Å². The summed E-state index contributed by atoms with van der Waals surface area (Å²) in [7, 11) is 0. The number of ether oxygens (including phenoxy) is 1. The van der Waals surface area contributed by atoms with Crippen LogP contribution in [-0.4, -0.2) is 12.1 Å². The van der Waals surface area contributed by atoms with Crippen molar-refractivity contribution in [2.45, 2.75) is 26.6 Å². The Hall–Kier alpha value is -1.52. The number of hydrogen-bond acceptors (Lipinski definition) is 2. The lowest BCUT2D eigenvalue weighted by Crippen LogP contribution is -2.20. The van der Waals surface area contributed by atoms with Gasteiger partial charge in [-0.15, -0.1) is 13.2 Å². The molecule has 5 heteroatoms. The smallest absolute Gasteiger partial charge is 0.405 e. The van der Waals surface area contributed by atoms with E-state index in [9.17, 15) is 18.0 Å². The number of Topliss-reactive ketones (excluding diaryl/α,β-unsaturated/α-hetero) is 1. The molecule has 0 saturated carbocycles. The number of carbonyl (C=O) groups excluding carboxylic acids is 1. The maximum absolute atomic E-state index is 12.1. The molecule has 1 atom stereocenters. The van der Waals surface area contributed by atoms with E-state index in [4.69, 9.17) is 0 Å². The van der Waals surface area contributed by atoms with Gasteiger partial charge in [0.2, 0.25) is 0 Å². The Kier molecular flexibility index (Phi) is 4.15. The zero-order valence-corrected chi connectivity index (χ0v) is 9.54. The number of benzene rings is 1. The minimum atomic E-state index is -4.79. The van der Waals surface area contributed by atoms with Crippen molar-refractivity contribution in [1.82, 2.24) is 0 Å². The molecule has 0 saturated heterocycles. The Morgan fingerprint density at radius 1 is 1.35 bits per heavy atom. The summed E-state index contributed by atoms with van der Waals surface area (Å²) in [6.07, 6.45) is -4.22. The molecule has 0 aliphatic heterocycles. The molecule has 0 bridgehead atoms. The van der Waals surface area contributed by atoms with Crippen molar-refractivity contribution in [3.63, 3.8) is 0 Å². The van der Waals surface area contributed by atoms with Crippen LogP contribution in [0.25, 0.3) is 0 Å². The molecule has 0 heterocycles. The summed E-state index contributed by atoms with van der Waals surface area (Å²) in [6, 6.07) is 5.39. The van der Waals surface area contributed by atoms with Gasteiger partial charge in [0.1, 0.15) is 5.75 Å². The molecule has 0 aliphatic carbocycles. The Bertz CT molecular complexity index is 399. The first-order chi connectivity index (χ1) is 7.85. The van der Waals surface area contributed by atoms with Crippen LogP contribution >= 0.6 is 0 Å². The summed E-state index contributed by atoms with van der Waals surface area (Å²) in [5.74, 6) is -1.11. The van der Waals surface area contributed by atoms with E-state index < -0.39 is 12.1 Å². The van der Waals surface area contributed by atoms with Crippen molar-refractivity contribution in [1.29, 1.82) is 0 Å². The highest BCUT2D eigenvalue weighted by molar-refractivity contribution is 6.00. The Morgan fingerprint density at radius 3 is 2.47 bits per heavy atom.